The molecule has 25 valence electrons. The van der Waals surface area contributed by atoms with Gasteiger partial charge in [0.15, 0.2) is 0 Å². The van der Waals surface area contributed by atoms with Crippen LogP contribution >= 0.6 is 0 Å². The van der Waals surface area contributed by atoms with Crippen molar-refractivity contribution in [1.29, 1.82) is 0 Å². The van der Waals surface area contributed by atoms with Crippen LogP contribution in [0.1, 0.15) is 14.8 Å². The smallest absolute Gasteiger partial charge is 0 e. The van der Waals surface area contributed by atoms with Gasteiger partial charge in [-0.15, -0.1) is 6.58 Å². The average molecular weight is 57.1 g/mol. The third kappa shape index (κ3) is 1.74. The molecule has 0 aliphatic heterocycles. The summed E-state index contributed by atoms with van der Waals surface area (Å²) in [5.41, 5.74) is 0. The van der Waals surface area contributed by atoms with Gasteiger partial charge in [0.05, 0.1) is 0 Å². The van der Waals surface area contributed by atoms with Gasteiger partial charge in [-0.3, -0.25) is 0 Å². The van der Waals surface area contributed by atoms with Crippen molar-refractivity contribution in [1.82, 2.24) is 0 Å². The Bertz CT molecular complexity index is 17.6. The molecular formula is C4H9. The van der Waals surface area contributed by atoms with Crippen molar-refractivity contribution in [2.24, 2.45) is 0 Å². The van der Waals surface area contributed by atoms with Gasteiger partial charge in [-0.2, -0.15) is 0 Å². The first-order chi connectivity index (χ1) is 1.91. The van der Waals surface area contributed by atoms with Crippen molar-refractivity contribution < 1.29 is 1.43 Å². The van der Waals surface area contributed by atoms with Crippen LogP contribution in [0.2, 0.25) is 0 Å². The summed E-state index contributed by atoms with van der Waals surface area (Å²) in [5, 5.41) is 0. The minimum atomic E-state index is 0. The Morgan fingerprint density at radius 3 is 2.50 bits per heavy atom. The summed E-state index contributed by atoms with van der Waals surface area (Å²) >= 11 is 0. The van der Waals surface area contributed by atoms with E-state index in [1.807, 2.05) is 6.08 Å². The van der Waals surface area contributed by atoms with Crippen molar-refractivity contribution in [2.45, 2.75) is 13.3 Å². The minimum absolute atomic E-state index is 0. The standard InChI is InChI=1S/C4H8.H/c1-3-4-2;/h3H,1,4H2,2H3;. The fourth-order valence-electron chi connectivity index (χ4n) is 0. The molecule has 0 saturated heterocycles. The highest BCUT2D eigenvalue weighted by Gasteiger charge is 1.45. The van der Waals surface area contributed by atoms with Crippen molar-refractivity contribution in [3.63, 3.8) is 0 Å². The number of rotatable bonds is 1. The second-order valence-corrected chi connectivity index (χ2v) is 0.697. The van der Waals surface area contributed by atoms with E-state index in [0.29, 0.717) is 0 Å². The van der Waals surface area contributed by atoms with E-state index in [0.717, 1.165) is 6.42 Å². The van der Waals surface area contributed by atoms with Crippen LogP contribution in [0.4, 0.5) is 0 Å². The molecule has 0 amide bonds. The fourth-order valence-corrected chi connectivity index (χ4v) is 0. The maximum atomic E-state index is 3.48. The van der Waals surface area contributed by atoms with Crippen LogP contribution in [0.25, 0.3) is 0 Å². The molecule has 0 N–H and O–H groups in total. The predicted molar refractivity (Wildman–Crippen MR) is 21.6 cm³/mol. The van der Waals surface area contributed by atoms with E-state index in [1.54, 1.807) is 0 Å². The molecule has 0 aromatic heterocycles. The zero-order valence-corrected chi connectivity index (χ0v) is 2.99. The minimum Gasteiger partial charge on any atom is -0.103 e. The maximum Gasteiger partial charge on any atom is 0 e. The van der Waals surface area contributed by atoms with E-state index < -0.39 is 0 Å². The highest BCUT2D eigenvalue weighted by Crippen LogP contribution is 1.66. The molecule has 0 rings (SSSR count). The lowest BCUT2D eigenvalue weighted by Crippen LogP contribution is -1.36. The molecule has 1 radical (unpaired) electrons. The maximum absolute atomic E-state index is 3.48. The summed E-state index contributed by atoms with van der Waals surface area (Å²) < 4.78 is 0. The Morgan fingerprint density at radius 1 is 2.25 bits per heavy atom. The third-order valence-electron chi connectivity index (χ3n) is 0.289. The quantitative estimate of drug-likeness (QED) is 0.402. The normalized spacial score (nSPS) is 6.25. The summed E-state index contributed by atoms with van der Waals surface area (Å²) in [7, 11) is 0. The summed E-state index contributed by atoms with van der Waals surface area (Å²) in [6.45, 7) is 5.54. The highest BCUT2D eigenvalue weighted by atomic mass is 13.5. The first-order valence-electron chi connectivity index (χ1n) is 1.52. The second kappa shape index (κ2) is 2.74. The van der Waals surface area contributed by atoms with Crippen LogP contribution in [0.3, 0.4) is 0 Å². The summed E-state index contributed by atoms with van der Waals surface area (Å²) in [6, 6.07) is 0. The van der Waals surface area contributed by atoms with Crippen LogP contribution < -0.4 is 0 Å². The molecule has 0 heteroatoms. The largest absolute Gasteiger partial charge is 0.103 e. The highest BCUT2D eigenvalue weighted by molar-refractivity contribution is 4.60. The molecular weight excluding hydrogens is 48.0 g/mol. The van der Waals surface area contributed by atoms with E-state index in [1.165, 1.54) is 0 Å². The molecule has 0 bridgehead atoms. The Kier molecular flexibility index (Phi) is 2.56. The Balaban J connectivity index is 0. The second-order valence-electron chi connectivity index (χ2n) is 0.697. The molecule has 0 saturated carbocycles. The third-order valence-corrected chi connectivity index (χ3v) is 0.289. The van der Waals surface area contributed by atoms with Crippen LogP contribution in [0.5, 0.6) is 0 Å². The van der Waals surface area contributed by atoms with Gasteiger partial charge in [0.2, 0.25) is 0 Å². The molecule has 0 aromatic carbocycles. The van der Waals surface area contributed by atoms with Gasteiger partial charge in [-0.25, -0.2) is 0 Å². The van der Waals surface area contributed by atoms with Crippen LogP contribution in [0, 0.1) is 0 Å². The van der Waals surface area contributed by atoms with Gasteiger partial charge < -0.3 is 0 Å². The molecule has 0 atom stereocenters. The molecule has 0 heterocycles. The predicted octanol–water partition coefficient (Wildman–Crippen LogP) is 1.69. The molecule has 4 heavy (non-hydrogen) atoms. The molecule has 0 spiro atoms. The van der Waals surface area contributed by atoms with E-state index in [2.05, 4.69) is 13.5 Å². The Morgan fingerprint density at radius 2 is 2.50 bits per heavy atom. The molecule has 0 fully saturated rings. The van der Waals surface area contributed by atoms with E-state index in [-0.39, 0.29) is 1.43 Å². The molecule has 0 nitrogen and oxygen atoms in total. The number of allylic oxidation sites excluding steroid dienone is 1. The fraction of sp³-hybridized carbons (Fsp3) is 0.500. The molecule has 0 aliphatic rings. The molecule has 0 unspecified atom stereocenters. The van der Waals surface area contributed by atoms with Crippen LogP contribution in [-0.2, 0) is 0 Å². The lowest BCUT2D eigenvalue weighted by molar-refractivity contribution is 1.23. The zero-order valence-electron chi connectivity index (χ0n) is 3.99. The lowest BCUT2D eigenvalue weighted by Gasteiger charge is -1.57. The Labute approximate surface area is 28.6 Å². The first-order valence-corrected chi connectivity index (χ1v) is 1.52. The lowest BCUT2D eigenvalue weighted by atomic mass is 10.5. The van der Waals surface area contributed by atoms with Gasteiger partial charge in [-0.1, -0.05) is 13.0 Å². The zero-order chi connectivity index (χ0) is 3.41. The van der Waals surface area contributed by atoms with Gasteiger partial charge >= 0.3 is 0 Å². The monoisotopic (exact) mass is 57.1 g/mol. The number of hydrogen-bond donors (Lipinski definition) is 0. The number of hydrogen-bond acceptors (Lipinski definition) is 0. The van der Waals surface area contributed by atoms with Crippen LogP contribution in [-0.4, -0.2) is 0 Å². The van der Waals surface area contributed by atoms with E-state index in [4.69, 9.17) is 0 Å². The van der Waals surface area contributed by atoms with Gasteiger partial charge in [0.1, 0.15) is 0 Å². The average Bonchev–Trinajstić information content (AvgIpc) is 1.37. The van der Waals surface area contributed by atoms with Crippen molar-refractivity contribution in [2.75, 3.05) is 0 Å². The summed E-state index contributed by atoms with van der Waals surface area (Å²) in [6.07, 6.45) is 2.96. The molecule has 0 aliphatic carbocycles. The topological polar surface area (TPSA) is 0 Å². The van der Waals surface area contributed by atoms with Crippen molar-refractivity contribution in [3.05, 3.63) is 12.7 Å². The summed E-state index contributed by atoms with van der Waals surface area (Å²) in [4.78, 5) is 0. The van der Waals surface area contributed by atoms with Gasteiger partial charge in [0, 0.05) is 1.43 Å². The Hall–Kier alpha value is -0.260. The van der Waals surface area contributed by atoms with Crippen molar-refractivity contribution >= 4 is 0 Å². The molecule has 0 aromatic rings. The van der Waals surface area contributed by atoms with Crippen LogP contribution in [0.15, 0.2) is 12.7 Å². The first kappa shape index (κ1) is 3.74. The van der Waals surface area contributed by atoms with Gasteiger partial charge in [0.25, 0.3) is 0 Å². The SMILES string of the molecule is C=CCC.[H]. The van der Waals surface area contributed by atoms with Gasteiger partial charge in [-0.05, 0) is 6.42 Å². The van der Waals surface area contributed by atoms with Crippen molar-refractivity contribution in [3.8, 4) is 0 Å². The van der Waals surface area contributed by atoms with E-state index >= 15 is 0 Å². The summed E-state index contributed by atoms with van der Waals surface area (Å²) in [5.74, 6) is 0. The van der Waals surface area contributed by atoms with E-state index in [9.17, 15) is 0 Å².